The van der Waals surface area contributed by atoms with Crippen molar-refractivity contribution in [2.45, 2.75) is 18.9 Å². The van der Waals surface area contributed by atoms with Gasteiger partial charge in [0, 0.05) is 45.3 Å². The molecule has 4 nitrogen and oxygen atoms in total. The zero-order valence-corrected chi connectivity index (χ0v) is 12.0. The van der Waals surface area contributed by atoms with E-state index < -0.39 is 0 Å². The summed E-state index contributed by atoms with van der Waals surface area (Å²) in [6.07, 6.45) is 2.86. The maximum atomic E-state index is 5.39. The fourth-order valence-electron chi connectivity index (χ4n) is 2.17. The molecule has 0 bridgehead atoms. The normalized spacial score (nSPS) is 21.7. The first-order valence-electron chi connectivity index (χ1n) is 6.14. The van der Waals surface area contributed by atoms with E-state index >= 15 is 0 Å². The Morgan fingerprint density at radius 2 is 1.65 bits per heavy atom. The van der Waals surface area contributed by atoms with E-state index in [1.54, 1.807) is 0 Å². The quantitative estimate of drug-likeness (QED) is 0.726. The highest BCUT2D eigenvalue weighted by Crippen LogP contribution is 2.27. The summed E-state index contributed by atoms with van der Waals surface area (Å²) in [5.74, 6) is 0. The van der Waals surface area contributed by atoms with Gasteiger partial charge in [-0.05, 0) is 12.8 Å². The van der Waals surface area contributed by atoms with Crippen molar-refractivity contribution in [3.05, 3.63) is 0 Å². The largest absolute Gasteiger partial charge is 0.379 e. The highest BCUT2D eigenvalue weighted by molar-refractivity contribution is 5.85. The number of ether oxygens (including phenoxy) is 1. The number of nitrogens with zero attached hydrogens (tertiary/aromatic N) is 2. The Bertz CT molecular complexity index is 186. The highest BCUT2D eigenvalue weighted by Gasteiger charge is 2.30. The molecule has 1 saturated carbocycles. The first kappa shape index (κ1) is 17.4. The van der Waals surface area contributed by atoms with Crippen molar-refractivity contribution in [1.82, 2.24) is 9.80 Å². The standard InChI is InChI=1S/C11H23N3O.2ClH/c12-3-9-15-10-8-13-4-6-14(7-5-13)11-1-2-11;;/h11H,1-10,12H2;2*1H. The molecule has 1 heterocycles. The molecule has 2 N–H and O–H groups in total. The SMILES string of the molecule is Cl.Cl.NCCOCCN1CCN(C2CC2)CC1. The van der Waals surface area contributed by atoms with Crippen molar-refractivity contribution in [1.29, 1.82) is 0 Å². The van der Waals surface area contributed by atoms with Gasteiger partial charge in [-0.25, -0.2) is 0 Å². The van der Waals surface area contributed by atoms with Crippen LogP contribution in [0.1, 0.15) is 12.8 Å². The lowest BCUT2D eigenvalue weighted by atomic mass is 10.3. The Balaban J connectivity index is 0.00000128. The summed E-state index contributed by atoms with van der Waals surface area (Å²) in [6.45, 7) is 8.16. The van der Waals surface area contributed by atoms with E-state index in [2.05, 4.69) is 9.80 Å². The molecule has 1 saturated heterocycles. The molecule has 0 amide bonds. The van der Waals surface area contributed by atoms with Crippen LogP contribution < -0.4 is 5.73 Å². The van der Waals surface area contributed by atoms with Crippen LogP contribution >= 0.6 is 24.8 Å². The molecule has 0 radical (unpaired) electrons. The smallest absolute Gasteiger partial charge is 0.0594 e. The molecular formula is C11H25Cl2N3O. The molecule has 2 rings (SSSR count). The first-order valence-corrected chi connectivity index (χ1v) is 6.14. The van der Waals surface area contributed by atoms with E-state index in [0.717, 1.165) is 19.2 Å². The molecule has 0 aromatic carbocycles. The molecule has 104 valence electrons. The second-order valence-electron chi connectivity index (χ2n) is 4.51. The zero-order valence-electron chi connectivity index (χ0n) is 10.3. The Hall–Kier alpha value is 0.420. The van der Waals surface area contributed by atoms with E-state index in [0.29, 0.717) is 13.2 Å². The van der Waals surface area contributed by atoms with Crippen LogP contribution in [0.5, 0.6) is 0 Å². The lowest BCUT2D eigenvalue weighted by molar-refractivity contribution is 0.0763. The summed E-state index contributed by atoms with van der Waals surface area (Å²) >= 11 is 0. The van der Waals surface area contributed by atoms with E-state index in [-0.39, 0.29) is 24.8 Å². The van der Waals surface area contributed by atoms with E-state index in [1.807, 2.05) is 0 Å². The fourth-order valence-corrected chi connectivity index (χ4v) is 2.17. The van der Waals surface area contributed by atoms with E-state index in [4.69, 9.17) is 10.5 Å². The van der Waals surface area contributed by atoms with E-state index in [9.17, 15) is 0 Å². The second-order valence-corrected chi connectivity index (χ2v) is 4.51. The summed E-state index contributed by atoms with van der Waals surface area (Å²) in [7, 11) is 0. The van der Waals surface area contributed by atoms with Crippen LogP contribution in [0.15, 0.2) is 0 Å². The monoisotopic (exact) mass is 285 g/mol. The van der Waals surface area contributed by atoms with Crippen LogP contribution in [0, 0.1) is 0 Å². The van der Waals surface area contributed by atoms with Gasteiger partial charge in [0.2, 0.25) is 0 Å². The number of rotatable bonds is 6. The Morgan fingerprint density at radius 3 is 2.18 bits per heavy atom. The van der Waals surface area contributed by atoms with Crippen LogP contribution in [0.2, 0.25) is 0 Å². The van der Waals surface area contributed by atoms with Crippen molar-refractivity contribution in [3.63, 3.8) is 0 Å². The van der Waals surface area contributed by atoms with Gasteiger partial charge in [0.25, 0.3) is 0 Å². The lowest BCUT2D eigenvalue weighted by Crippen LogP contribution is -2.48. The minimum Gasteiger partial charge on any atom is -0.379 e. The predicted molar refractivity (Wildman–Crippen MR) is 75.4 cm³/mol. The molecule has 0 unspecified atom stereocenters. The van der Waals surface area contributed by atoms with Crippen molar-refractivity contribution >= 4 is 24.8 Å². The summed E-state index contributed by atoms with van der Waals surface area (Å²) in [5, 5.41) is 0. The van der Waals surface area contributed by atoms with Crippen LogP contribution in [0.3, 0.4) is 0 Å². The van der Waals surface area contributed by atoms with Gasteiger partial charge in [-0.1, -0.05) is 0 Å². The number of nitrogens with two attached hydrogens (primary N) is 1. The van der Waals surface area contributed by atoms with E-state index in [1.165, 1.54) is 39.0 Å². The van der Waals surface area contributed by atoms with Gasteiger partial charge >= 0.3 is 0 Å². The zero-order chi connectivity index (χ0) is 10.5. The number of hydrogen-bond donors (Lipinski definition) is 1. The highest BCUT2D eigenvalue weighted by atomic mass is 35.5. The molecule has 0 aromatic heterocycles. The molecule has 1 aliphatic carbocycles. The third kappa shape index (κ3) is 6.22. The summed E-state index contributed by atoms with van der Waals surface area (Å²) in [4.78, 5) is 5.13. The topological polar surface area (TPSA) is 41.7 Å². The van der Waals surface area contributed by atoms with Gasteiger partial charge in [0.1, 0.15) is 0 Å². The maximum absolute atomic E-state index is 5.39. The first-order chi connectivity index (χ1) is 7.40. The second kappa shape index (κ2) is 9.36. The van der Waals surface area contributed by atoms with Crippen molar-refractivity contribution in [2.24, 2.45) is 5.73 Å². The Labute approximate surface area is 117 Å². The third-order valence-corrected chi connectivity index (χ3v) is 3.28. The van der Waals surface area contributed by atoms with Gasteiger partial charge in [-0.2, -0.15) is 0 Å². The van der Waals surface area contributed by atoms with Crippen LogP contribution in [-0.4, -0.2) is 68.3 Å². The lowest BCUT2D eigenvalue weighted by Gasteiger charge is -2.34. The van der Waals surface area contributed by atoms with Crippen LogP contribution in [0.4, 0.5) is 0 Å². The average Bonchev–Trinajstić information content (AvgIpc) is 3.09. The number of halogens is 2. The van der Waals surface area contributed by atoms with Gasteiger partial charge in [0.05, 0.1) is 13.2 Å². The third-order valence-electron chi connectivity index (χ3n) is 3.28. The van der Waals surface area contributed by atoms with Crippen molar-refractivity contribution in [2.75, 3.05) is 52.5 Å². The van der Waals surface area contributed by atoms with Gasteiger partial charge in [-0.15, -0.1) is 24.8 Å². The summed E-state index contributed by atoms with van der Waals surface area (Å²) < 4.78 is 5.39. The Morgan fingerprint density at radius 1 is 1.00 bits per heavy atom. The number of piperazine rings is 1. The molecular weight excluding hydrogens is 261 g/mol. The average molecular weight is 286 g/mol. The molecule has 6 heteroatoms. The van der Waals surface area contributed by atoms with Crippen LogP contribution in [-0.2, 0) is 4.74 Å². The molecule has 17 heavy (non-hydrogen) atoms. The summed E-state index contributed by atoms with van der Waals surface area (Å²) in [6, 6.07) is 0.931. The molecule has 0 spiro atoms. The fraction of sp³-hybridized carbons (Fsp3) is 1.00. The molecule has 2 fully saturated rings. The minimum absolute atomic E-state index is 0. The molecule has 0 atom stereocenters. The molecule has 2 aliphatic rings. The van der Waals surface area contributed by atoms with Crippen molar-refractivity contribution in [3.8, 4) is 0 Å². The predicted octanol–water partition coefficient (Wildman–Crippen LogP) is 0.585. The van der Waals surface area contributed by atoms with Gasteiger partial charge < -0.3 is 10.5 Å². The summed E-state index contributed by atoms with van der Waals surface area (Å²) in [5.41, 5.74) is 5.36. The van der Waals surface area contributed by atoms with Gasteiger partial charge in [0.15, 0.2) is 0 Å². The molecule has 0 aromatic rings. The van der Waals surface area contributed by atoms with Crippen molar-refractivity contribution < 1.29 is 4.74 Å². The van der Waals surface area contributed by atoms with Gasteiger partial charge in [-0.3, -0.25) is 9.80 Å². The maximum Gasteiger partial charge on any atom is 0.0594 e. The Kier molecular flexibility index (Phi) is 9.59. The minimum atomic E-state index is 0. The molecule has 1 aliphatic heterocycles. The van der Waals surface area contributed by atoms with Crippen LogP contribution in [0.25, 0.3) is 0 Å². The number of hydrogen-bond acceptors (Lipinski definition) is 4.